The molecule has 0 saturated carbocycles. The molecule has 3 aliphatic rings. The number of nitrogens with one attached hydrogen (secondary N) is 1. The van der Waals surface area contributed by atoms with Gasteiger partial charge < -0.3 is 15.0 Å². The molecular weight excluding hydrogens is 305 g/mol. The predicted octanol–water partition coefficient (Wildman–Crippen LogP) is 0.593. The summed E-state index contributed by atoms with van der Waals surface area (Å²) in [5, 5.41) is 3.43. The monoisotopic (exact) mass is 321 g/mol. The van der Waals surface area contributed by atoms with Crippen molar-refractivity contribution in [1.82, 2.24) is 10.2 Å². The van der Waals surface area contributed by atoms with Gasteiger partial charge in [0.2, 0.25) is 0 Å². The Bertz CT molecular complexity index is 305. The zero-order chi connectivity index (χ0) is 9.54. The van der Waals surface area contributed by atoms with Crippen LogP contribution in [0.3, 0.4) is 0 Å². The SMILES string of the molecule is C=C1CCN(C2=N[C@H]3COC[C@H]3N2)C1.I. The number of rotatable bonds is 0. The topological polar surface area (TPSA) is 36.9 Å². The fourth-order valence-corrected chi connectivity index (χ4v) is 2.24. The molecule has 2 atom stereocenters. The van der Waals surface area contributed by atoms with Crippen LogP contribution in [0.5, 0.6) is 0 Å². The summed E-state index contributed by atoms with van der Waals surface area (Å²) in [7, 11) is 0. The number of hydrogen-bond donors (Lipinski definition) is 1. The van der Waals surface area contributed by atoms with Crippen LogP contribution >= 0.6 is 24.0 Å². The fraction of sp³-hybridized carbons (Fsp3) is 0.700. The largest absolute Gasteiger partial charge is 0.377 e. The number of nitrogens with zero attached hydrogens (tertiary/aromatic N) is 2. The van der Waals surface area contributed by atoms with Gasteiger partial charge in [-0.2, -0.15) is 0 Å². The molecule has 2 fully saturated rings. The van der Waals surface area contributed by atoms with Gasteiger partial charge in [-0.15, -0.1) is 24.0 Å². The summed E-state index contributed by atoms with van der Waals surface area (Å²) in [5.41, 5.74) is 1.31. The van der Waals surface area contributed by atoms with E-state index >= 15 is 0 Å². The third-order valence-electron chi connectivity index (χ3n) is 3.10. The Labute approximate surface area is 107 Å². The van der Waals surface area contributed by atoms with Crippen molar-refractivity contribution in [3.63, 3.8) is 0 Å². The Morgan fingerprint density at radius 1 is 1.47 bits per heavy atom. The van der Waals surface area contributed by atoms with Gasteiger partial charge in [-0.25, -0.2) is 4.99 Å². The Balaban J connectivity index is 0.000000853. The van der Waals surface area contributed by atoms with Crippen LogP contribution < -0.4 is 5.32 Å². The molecule has 0 unspecified atom stereocenters. The highest BCUT2D eigenvalue weighted by atomic mass is 127. The molecule has 4 nitrogen and oxygen atoms in total. The Hall–Kier alpha value is -0.300. The number of fused-ring (bicyclic) bond motifs is 1. The molecule has 0 aromatic carbocycles. The fourth-order valence-electron chi connectivity index (χ4n) is 2.24. The van der Waals surface area contributed by atoms with E-state index in [4.69, 9.17) is 4.74 Å². The summed E-state index contributed by atoms with van der Waals surface area (Å²) in [4.78, 5) is 6.91. The molecule has 2 saturated heterocycles. The first kappa shape index (κ1) is 11.2. The Morgan fingerprint density at radius 3 is 3.00 bits per heavy atom. The minimum atomic E-state index is 0. The molecule has 5 heteroatoms. The summed E-state index contributed by atoms with van der Waals surface area (Å²) >= 11 is 0. The molecule has 0 aromatic heterocycles. The van der Waals surface area contributed by atoms with Gasteiger partial charge in [-0.1, -0.05) is 12.2 Å². The van der Waals surface area contributed by atoms with E-state index in [9.17, 15) is 0 Å². The maximum Gasteiger partial charge on any atom is 0.195 e. The molecule has 84 valence electrons. The average Bonchev–Trinajstić information content (AvgIpc) is 2.75. The number of likely N-dealkylation sites (tertiary alicyclic amines) is 1. The minimum Gasteiger partial charge on any atom is -0.377 e. The number of halogens is 1. The standard InChI is InChI=1S/C10H15N3O.HI/c1-7-2-3-13(4-7)10-11-8-5-14-6-9(8)12-10;/h8-9H,1-6H2,(H,11,12);1H/t8-,9+;. The van der Waals surface area contributed by atoms with Gasteiger partial charge >= 0.3 is 0 Å². The molecular formula is C10H16IN3O. The average molecular weight is 321 g/mol. The molecule has 15 heavy (non-hydrogen) atoms. The lowest BCUT2D eigenvalue weighted by Crippen LogP contribution is -2.42. The van der Waals surface area contributed by atoms with E-state index in [1.54, 1.807) is 0 Å². The summed E-state index contributed by atoms with van der Waals surface area (Å²) < 4.78 is 5.34. The van der Waals surface area contributed by atoms with Crippen LogP contribution in [-0.2, 0) is 4.74 Å². The smallest absolute Gasteiger partial charge is 0.195 e. The van der Waals surface area contributed by atoms with Crippen LogP contribution in [0.15, 0.2) is 17.1 Å². The van der Waals surface area contributed by atoms with E-state index in [0.717, 1.165) is 38.7 Å². The summed E-state index contributed by atoms with van der Waals surface area (Å²) in [5.74, 6) is 1.06. The molecule has 0 aliphatic carbocycles. The van der Waals surface area contributed by atoms with Crippen molar-refractivity contribution in [2.45, 2.75) is 18.5 Å². The van der Waals surface area contributed by atoms with Crippen molar-refractivity contribution in [3.8, 4) is 0 Å². The maximum atomic E-state index is 5.34. The van der Waals surface area contributed by atoms with Gasteiger partial charge in [0.1, 0.15) is 0 Å². The predicted molar refractivity (Wildman–Crippen MR) is 69.7 cm³/mol. The highest BCUT2D eigenvalue weighted by Gasteiger charge is 2.36. The van der Waals surface area contributed by atoms with Crippen LogP contribution in [0, 0.1) is 0 Å². The first-order chi connectivity index (χ1) is 6.83. The molecule has 3 rings (SSSR count). The van der Waals surface area contributed by atoms with E-state index in [1.807, 2.05) is 0 Å². The van der Waals surface area contributed by atoms with Gasteiger partial charge in [0, 0.05) is 13.1 Å². The normalized spacial score (nSPS) is 33.5. The minimum absolute atomic E-state index is 0. The summed E-state index contributed by atoms with van der Waals surface area (Å²) in [6, 6.07) is 0.762. The van der Waals surface area contributed by atoms with Gasteiger partial charge in [0.05, 0.1) is 25.3 Å². The number of guanidine groups is 1. The first-order valence-electron chi connectivity index (χ1n) is 5.16. The molecule has 1 N–H and O–H groups in total. The number of hydrogen-bond acceptors (Lipinski definition) is 4. The zero-order valence-electron chi connectivity index (χ0n) is 8.61. The van der Waals surface area contributed by atoms with Crippen LogP contribution in [-0.4, -0.2) is 49.2 Å². The first-order valence-corrected chi connectivity index (χ1v) is 5.16. The van der Waals surface area contributed by atoms with E-state index in [0.29, 0.717) is 12.1 Å². The van der Waals surface area contributed by atoms with Gasteiger partial charge in [0.25, 0.3) is 0 Å². The van der Waals surface area contributed by atoms with E-state index in [2.05, 4.69) is 21.8 Å². The molecule has 0 amide bonds. The van der Waals surface area contributed by atoms with Crippen molar-refractivity contribution < 1.29 is 4.74 Å². The van der Waals surface area contributed by atoms with Crippen LogP contribution in [0.25, 0.3) is 0 Å². The van der Waals surface area contributed by atoms with E-state index in [-0.39, 0.29) is 24.0 Å². The second kappa shape index (κ2) is 4.29. The third-order valence-corrected chi connectivity index (χ3v) is 3.10. The van der Waals surface area contributed by atoms with Crippen LogP contribution in [0.2, 0.25) is 0 Å². The lowest BCUT2D eigenvalue weighted by atomic mass is 10.2. The van der Waals surface area contributed by atoms with E-state index < -0.39 is 0 Å². The molecule has 0 spiro atoms. The summed E-state index contributed by atoms with van der Waals surface area (Å²) in [6.07, 6.45) is 1.10. The van der Waals surface area contributed by atoms with Gasteiger partial charge in [-0.3, -0.25) is 0 Å². The van der Waals surface area contributed by atoms with Crippen LogP contribution in [0.1, 0.15) is 6.42 Å². The second-order valence-corrected chi connectivity index (χ2v) is 4.23. The van der Waals surface area contributed by atoms with Crippen molar-refractivity contribution >= 4 is 29.9 Å². The lowest BCUT2D eigenvalue weighted by molar-refractivity contribution is 0.187. The molecule has 0 aromatic rings. The van der Waals surface area contributed by atoms with Crippen LogP contribution in [0.4, 0.5) is 0 Å². The zero-order valence-corrected chi connectivity index (χ0v) is 10.9. The highest BCUT2D eigenvalue weighted by molar-refractivity contribution is 14.0. The van der Waals surface area contributed by atoms with Gasteiger partial charge in [0.15, 0.2) is 5.96 Å². The third kappa shape index (κ3) is 1.99. The van der Waals surface area contributed by atoms with Crippen molar-refractivity contribution in [1.29, 1.82) is 0 Å². The van der Waals surface area contributed by atoms with Crippen molar-refractivity contribution in [3.05, 3.63) is 12.2 Å². The Kier molecular flexibility index (Phi) is 3.20. The lowest BCUT2D eigenvalue weighted by Gasteiger charge is -2.18. The van der Waals surface area contributed by atoms with Gasteiger partial charge in [-0.05, 0) is 6.42 Å². The number of ether oxygens (including phenoxy) is 1. The molecule has 3 aliphatic heterocycles. The summed E-state index contributed by atoms with van der Waals surface area (Å²) in [6.45, 7) is 7.60. The Morgan fingerprint density at radius 2 is 2.33 bits per heavy atom. The van der Waals surface area contributed by atoms with Crippen molar-refractivity contribution in [2.75, 3.05) is 26.3 Å². The maximum absolute atomic E-state index is 5.34. The number of aliphatic imine (C=N–C) groups is 1. The van der Waals surface area contributed by atoms with E-state index in [1.165, 1.54) is 5.57 Å². The molecule has 0 radical (unpaired) electrons. The second-order valence-electron chi connectivity index (χ2n) is 4.23. The quantitative estimate of drug-likeness (QED) is 0.524. The molecule has 0 bridgehead atoms. The molecule has 3 heterocycles. The highest BCUT2D eigenvalue weighted by Crippen LogP contribution is 2.20. The van der Waals surface area contributed by atoms with Crippen molar-refractivity contribution in [2.24, 2.45) is 4.99 Å².